The van der Waals surface area contributed by atoms with Gasteiger partial charge in [0, 0.05) is 19.1 Å². The van der Waals surface area contributed by atoms with E-state index in [9.17, 15) is 4.39 Å². The highest BCUT2D eigenvalue weighted by Gasteiger charge is 2.15. The van der Waals surface area contributed by atoms with Crippen LogP contribution in [0.25, 0.3) is 0 Å². The number of anilines is 1. The molecule has 1 atom stereocenters. The largest absolute Gasteiger partial charge is 0.369 e. The van der Waals surface area contributed by atoms with E-state index in [1.807, 2.05) is 12.1 Å². The summed E-state index contributed by atoms with van der Waals surface area (Å²) in [6, 6.07) is 7.66. The minimum absolute atomic E-state index is 0.103. The van der Waals surface area contributed by atoms with Crippen molar-refractivity contribution in [1.29, 1.82) is 0 Å². The Kier molecular flexibility index (Phi) is 4.37. The van der Waals surface area contributed by atoms with Crippen molar-refractivity contribution in [3.63, 3.8) is 0 Å². The molecule has 17 heavy (non-hydrogen) atoms. The number of nitrogens with zero attached hydrogens (tertiary/aromatic N) is 1. The molecule has 0 bridgehead atoms. The Morgan fingerprint density at radius 1 is 1.35 bits per heavy atom. The van der Waals surface area contributed by atoms with Crippen molar-refractivity contribution in [2.24, 2.45) is 0 Å². The molecular formula is C14H21FN2. The summed E-state index contributed by atoms with van der Waals surface area (Å²) in [7, 11) is 0. The Labute approximate surface area is 103 Å². The quantitative estimate of drug-likeness (QED) is 0.849. The fourth-order valence-electron chi connectivity index (χ4n) is 2.40. The lowest BCUT2D eigenvalue weighted by Gasteiger charge is -2.30. The van der Waals surface area contributed by atoms with E-state index in [1.54, 1.807) is 12.1 Å². The molecule has 0 radical (unpaired) electrons. The van der Waals surface area contributed by atoms with Gasteiger partial charge in [0.15, 0.2) is 0 Å². The minimum Gasteiger partial charge on any atom is -0.369 e. The van der Waals surface area contributed by atoms with Crippen LogP contribution in [0.4, 0.5) is 10.1 Å². The molecule has 0 saturated carbocycles. The fourth-order valence-corrected chi connectivity index (χ4v) is 2.40. The number of hydrogen-bond donors (Lipinski definition) is 1. The van der Waals surface area contributed by atoms with Gasteiger partial charge < -0.3 is 10.2 Å². The van der Waals surface area contributed by atoms with Crippen LogP contribution in [0.3, 0.4) is 0 Å². The average molecular weight is 236 g/mol. The highest BCUT2D eigenvalue weighted by molar-refractivity contribution is 5.47. The van der Waals surface area contributed by atoms with E-state index in [4.69, 9.17) is 0 Å². The van der Waals surface area contributed by atoms with Gasteiger partial charge in [-0.3, -0.25) is 0 Å². The molecule has 1 aliphatic rings. The van der Waals surface area contributed by atoms with E-state index in [0.717, 1.165) is 44.6 Å². The first-order valence-corrected chi connectivity index (χ1v) is 6.54. The summed E-state index contributed by atoms with van der Waals surface area (Å²) in [6.45, 7) is 5.10. The first-order valence-electron chi connectivity index (χ1n) is 6.54. The lowest BCUT2D eigenvalue weighted by atomic mass is 10.1. The van der Waals surface area contributed by atoms with Gasteiger partial charge in [-0.05, 0) is 37.9 Å². The molecule has 1 aromatic rings. The SMILES string of the molecule is CCC1CCN(c2ccccc2F)CCCN1. The van der Waals surface area contributed by atoms with Gasteiger partial charge in [-0.2, -0.15) is 0 Å². The lowest BCUT2D eigenvalue weighted by molar-refractivity contribution is 0.437. The molecule has 1 N–H and O–H groups in total. The van der Waals surface area contributed by atoms with E-state index in [1.165, 1.54) is 0 Å². The number of rotatable bonds is 2. The second-order valence-corrected chi connectivity index (χ2v) is 4.64. The third-order valence-electron chi connectivity index (χ3n) is 3.47. The Balaban J connectivity index is 2.07. The molecule has 2 nitrogen and oxygen atoms in total. The van der Waals surface area contributed by atoms with Crippen molar-refractivity contribution in [3.05, 3.63) is 30.1 Å². The molecule has 1 saturated heterocycles. The lowest BCUT2D eigenvalue weighted by Crippen LogP contribution is -2.39. The van der Waals surface area contributed by atoms with Crippen LogP contribution in [-0.2, 0) is 0 Å². The number of hydrogen-bond acceptors (Lipinski definition) is 2. The molecule has 2 rings (SSSR count). The van der Waals surface area contributed by atoms with Gasteiger partial charge in [-0.1, -0.05) is 19.1 Å². The van der Waals surface area contributed by atoms with Crippen LogP contribution in [0.15, 0.2) is 24.3 Å². The van der Waals surface area contributed by atoms with Gasteiger partial charge in [0.05, 0.1) is 5.69 Å². The second kappa shape index (κ2) is 6.01. The van der Waals surface area contributed by atoms with Gasteiger partial charge in [0.1, 0.15) is 5.82 Å². The maximum atomic E-state index is 13.7. The Morgan fingerprint density at radius 3 is 2.94 bits per heavy atom. The highest BCUT2D eigenvalue weighted by Crippen LogP contribution is 2.20. The van der Waals surface area contributed by atoms with Crippen molar-refractivity contribution in [3.8, 4) is 0 Å². The average Bonchev–Trinajstić information content (AvgIpc) is 2.31. The minimum atomic E-state index is -0.103. The summed E-state index contributed by atoms with van der Waals surface area (Å²) < 4.78 is 13.7. The molecule has 1 heterocycles. The molecule has 0 spiro atoms. The third-order valence-corrected chi connectivity index (χ3v) is 3.47. The van der Waals surface area contributed by atoms with Crippen molar-refractivity contribution < 1.29 is 4.39 Å². The Hall–Kier alpha value is -1.09. The molecular weight excluding hydrogens is 215 g/mol. The normalized spacial score (nSPS) is 22.0. The van der Waals surface area contributed by atoms with Gasteiger partial charge in [-0.25, -0.2) is 4.39 Å². The van der Waals surface area contributed by atoms with Crippen molar-refractivity contribution >= 4 is 5.69 Å². The molecule has 0 aliphatic carbocycles. The number of benzene rings is 1. The van der Waals surface area contributed by atoms with Gasteiger partial charge in [0.25, 0.3) is 0 Å². The van der Waals surface area contributed by atoms with E-state index < -0.39 is 0 Å². The molecule has 1 aliphatic heterocycles. The number of para-hydroxylation sites is 1. The van der Waals surface area contributed by atoms with Crippen LogP contribution in [-0.4, -0.2) is 25.7 Å². The fraction of sp³-hybridized carbons (Fsp3) is 0.571. The molecule has 3 heteroatoms. The summed E-state index contributed by atoms with van der Waals surface area (Å²) in [5.74, 6) is -0.103. The summed E-state index contributed by atoms with van der Waals surface area (Å²) in [4.78, 5) is 2.18. The van der Waals surface area contributed by atoms with Crippen molar-refractivity contribution in [2.45, 2.75) is 32.2 Å². The van der Waals surface area contributed by atoms with E-state index in [2.05, 4.69) is 17.1 Å². The Morgan fingerprint density at radius 2 is 2.18 bits per heavy atom. The van der Waals surface area contributed by atoms with Crippen LogP contribution in [0.5, 0.6) is 0 Å². The van der Waals surface area contributed by atoms with Crippen molar-refractivity contribution in [2.75, 3.05) is 24.5 Å². The van der Waals surface area contributed by atoms with Crippen LogP contribution >= 0.6 is 0 Å². The summed E-state index contributed by atoms with van der Waals surface area (Å²) in [6.07, 6.45) is 3.31. The maximum Gasteiger partial charge on any atom is 0.146 e. The van der Waals surface area contributed by atoms with E-state index >= 15 is 0 Å². The zero-order chi connectivity index (χ0) is 12.1. The molecule has 94 valence electrons. The monoisotopic (exact) mass is 236 g/mol. The topological polar surface area (TPSA) is 15.3 Å². The predicted octanol–water partition coefficient (Wildman–Crippen LogP) is 2.79. The molecule has 1 aromatic carbocycles. The third kappa shape index (κ3) is 3.19. The second-order valence-electron chi connectivity index (χ2n) is 4.64. The van der Waals surface area contributed by atoms with Crippen LogP contribution in [0.1, 0.15) is 26.2 Å². The Bertz CT molecular complexity index is 354. The highest BCUT2D eigenvalue weighted by atomic mass is 19.1. The maximum absolute atomic E-state index is 13.7. The van der Waals surface area contributed by atoms with Crippen LogP contribution in [0, 0.1) is 5.82 Å². The zero-order valence-electron chi connectivity index (χ0n) is 10.5. The molecule has 1 fully saturated rings. The predicted molar refractivity (Wildman–Crippen MR) is 69.9 cm³/mol. The first-order chi connectivity index (χ1) is 8.31. The van der Waals surface area contributed by atoms with Crippen LogP contribution < -0.4 is 10.2 Å². The van der Waals surface area contributed by atoms with E-state index in [-0.39, 0.29) is 5.82 Å². The van der Waals surface area contributed by atoms with E-state index in [0.29, 0.717) is 6.04 Å². The summed E-state index contributed by atoms with van der Waals surface area (Å²) in [5, 5.41) is 3.54. The number of nitrogens with one attached hydrogen (secondary N) is 1. The van der Waals surface area contributed by atoms with Crippen LogP contribution in [0.2, 0.25) is 0 Å². The van der Waals surface area contributed by atoms with Crippen molar-refractivity contribution in [1.82, 2.24) is 5.32 Å². The zero-order valence-corrected chi connectivity index (χ0v) is 10.5. The molecule has 0 amide bonds. The van der Waals surface area contributed by atoms with Gasteiger partial charge in [-0.15, -0.1) is 0 Å². The van der Waals surface area contributed by atoms with Gasteiger partial charge >= 0.3 is 0 Å². The standard InChI is InChI=1S/C14H21FN2/c1-2-12-8-11-17(10-5-9-16-12)14-7-4-3-6-13(14)15/h3-4,6-7,12,16H,2,5,8-11H2,1H3. The first kappa shape index (κ1) is 12.4. The number of halogens is 1. The molecule has 0 aromatic heterocycles. The molecule has 1 unspecified atom stereocenters. The summed E-state index contributed by atoms with van der Waals surface area (Å²) >= 11 is 0. The summed E-state index contributed by atoms with van der Waals surface area (Å²) in [5.41, 5.74) is 0.754. The smallest absolute Gasteiger partial charge is 0.146 e. The van der Waals surface area contributed by atoms with Gasteiger partial charge in [0.2, 0.25) is 0 Å².